The van der Waals surface area contributed by atoms with Crippen LogP contribution in [0.4, 0.5) is 0 Å². The molecule has 8 heteroatoms. The Kier molecular flexibility index (Phi) is 6.61. The van der Waals surface area contributed by atoms with Crippen LogP contribution >= 0.6 is 11.8 Å². The van der Waals surface area contributed by atoms with Crippen LogP contribution < -0.4 is 5.56 Å². The first-order valence-corrected chi connectivity index (χ1v) is 12.8. The minimum absolute atomic E-state index is 0.0274. The number of fused-ring (bicyclic) bond motifs is 3. The number of hydrogen-bond acceptors (Lipinski definition) is 5. The number of benzene rings is 3. The van der Waals surface area contributed by atoms with Gasteiger partial charge in [-0.2, -0.15) is 0 Å². The van der Waals surface area contributed by atoms with Crippen LogP contribution in [0.2, 0.25) is 0 Å². The van der Waals surface area contributed by atoms with Crippen LogP contribution in [0.5, 0.6) is 0 Å². The first kappa shape index (κ1) is 23.8. The number of nitrogens with zero attached hydrogens (tertiary/aromatic N) is 5. The third kappa shape index (κ3) is 4.28. The van der Waals surface area contributed by atoms with E-state index in [9.17, 15) is 9.59 Å². The summed E-state index contributed by atoms with van der Waals surface area (Å²) in [5.74, 6) is 0.450. The molecule has 2 aromatic heterocycles. The van der Waals surface area contributed by atoms with Gasteiger partial charge in [0.15, 0.2) is 5.16 Å². The van der Waals surface area contributed by atoms with Crippen molar-refractivity contribution in [2.75, 3.05) is 6.54 Å². The molecule has 0 aliphatic heterocycles. The lowest BCUT2D eigenvalue weighted by Gasteiger charge is -2.24. The summed E-state index contributed by atoms with van der Waals surface area (Å²) in [7, 11) is 0. The molecule has 0 N–H and O–H groups in total. The van der Waals surface area contributed by atoms with Gasteiger partial charge in [0.1, 0.15) is 0 Å². The fourth-order valence-corrected chi connectivity index (χ4v) is 5.34. The number of rotatable bonds is 7. The van der Waals surface area contributed by atoms with E-state index < -0.39 is 5.25 Å². The molecular weight excluding hydrogens is 470 g/mol. The van der Waals surface area contributed by atoms with E-state index in [0.29, 0.717) is 34.9 Å². The highest BCUT2D eigenvalue weighted by Gasteiger charge is 2.25. The van der Waals surface area contributed by atoms with Crippen molar-refractivity contribution in [2.45, 2.75) is 37.7 Å². The standard InChI is InChI=1S/C28H27N5O2S/c1-4-31(18-21-13-6-5-7-14-21)25(34)20(3)36-28-30-29-27-32(23-16-10-8-12-19(23)2)26(35)22-15-9-11-17-24(22)33(27)28/h5-17,20H,4,18H2,1-3H3. The molecule has 0 saturated carbocycles. The Morgan fingerprint density at radius 3 is 2.42 bits per heavy atom. The predicted octanol–water partition coefficient (Wildman–Crippen LogP) is 4.87. The molecule has 0 fully saturated rings. The SMILES string of the molecule is CCN(Cc1ccccc1)C(=O)C(C)Sc1nnc2n(-c3ccccc3C)c(=O)c3ccccc3n12. The van der Waals surface area contributed by atoms with E-state index in [0.717, 1.165) is 16.8 Å². The molecule has 0 saturated heterocycles. The maximum Gasteiger partial charge on any atom is 0.267 e. The Morgan fingerprint density at radius 2 is 1.67 bits per heavy atom. The highest BCUT2D eigenvalue weighted by molar-refractivity contribution is 8.00. The van der Waals surface area contributed by atoms with Gasteiger partial charge < -0.3 is 4.90 Å². The van der Waals surface area contributed by atoms with Crippen LogP contribution in [0.25, 0.3) is 22.4 Å². The molecule has 5 rings (SSSR count). The second-order valence-corrected chi connectivity index (χ2v) is 9.97. The van der Waals surface area contributed by atoms with Crippen molar-refractivity contribution in [3.05, 3.63) is 100 Å². The van der Waals surface area contributed by atoms with Gasteiger partial charge >= 0.3 is 0 Å². The van der Waals surface area contributed by atoms with Gasteiger partial charge in [0.2, 0.25) is 11.7 Å². The van der Waals surface area contributed by atoms with Crippen LogP contribution in [0.15, 0.2) is 88.8 Å². The number of hydrogen-bond donors (Lipinski definition) is 0. The van der Waals surface area contributed by atoms with Crippen molar-refractivity contribution in [3.63, 3.8) is 0 Å². The zero-order valence-corrected chi connectivity index (χ0v) is 21.3. The monoisotopic (exact) mass is 497 g/mol. The Balaban J connectivity index is 1.57. The summed E-state index contributed by atoms with van der Waals surface area (Å²) in [5.41, 5.74) is 3.36. The van der Waals surface area contributed by atoms with Crippen molar-refractivity contribution in [3.8, 4) is 5.69 Å². The first-order valence-electron chi connectivity index (χ1n) is 11.9. The van der Waals surface area contributed by atoms with Crippen LogP contribution in [0, 0.1) is 6.92 Å². The number of para-hydroxylation sites is 2. The summed E-state index contributed by atoms with van der Waals surface area (Å²) in [6.45, 7) is 7.00. The van der Waals surface area contributed by atoms with Gasteiger partial charge in [0.25, 0.3) is 5.56 Å². The highest BCUT2D eigenvalue weighted by Crippen LogP contribution is 2.27. The van der Waals surface area contributed by atoms with E-state index >= 15 is 0 Å². The Bertz CT molecular complexity index is 1610. The molecule has 0 aliphatic carbocycles. The van der Waals surface area contributed by atoms with Crippen molar-refractivity contribution in [2.24, 2.45) is 0 Å². The minimum atomic E-state index is -0.390. The Hall–Kier alpha value is -3.91. The summed E-state index contributed by atoms with van der Waals surface area (Å²) in [5, 5.41) is 9.60. The second-order valence-electron chi connectivity index (χ2n) is 8.66. The zero-order valence-electron chi connectivity index (χ0n) is 20.5. The summed E-state index contributed by atoms with van der Waals surface area (Å²) < 4.78 is 3.49. The Morgan fingerprint density at radius 1 is 0.972 bits per heavy atom. The third-order valence-corrected chi connectivity index (χ3v) is 7.32. The average molecular weight is 498 g/mol. The maximum atomic E-state index is 13.6. The minimum Gasteiger partial charge on any atom is -0.338 e. The number of thioether (sulfide) groups is 1. The molecule has 1 amide bonds. The molecule has 0 radical (unpaired) electrons. The van der Waals surface area contributed by atoms with E-state index in [2.05, 4.69) is 10.2 Å². The van der Waals surface area contributed by atoms with Crippen LogP contribution in [0.1, 0.15) is 25.0 Å². The number of carbonyl (C=O) groups is 1. The van der Waals surface area contributed by atoms with Gasteiger partial charge in [-0.1, -0.05) is 72.4 Å². The number of carbonyl (C=O) groups excluding carboxylic acids is 1. The lowest BCUT2D eigenvalue weighted by Crippen LogP contribution is -2.36. The fourth-order valence-electron chi connectivity index (χ4n) is 4.40. The van der Waals surface area contributed by atoms with Gasteiger partial charge in [-0.3, -0.25) is 14.0 Å². The Labute approximate surface area is 213 Å². The molecule has 0 bridgehead atoms. The maximum absolute atomic E-state index is 13.6. The van der Waals surface area contributed by atoms with Crippen LogP contribution in [-0.4, -0.2) is 41.8 Å². The number of aromatic nitrogens is 4. The molecule has 1 atom stereocenters. The lowest BCUT2D eigenvalue weighted by atomic mass is 10.2. The number of aryl methyl sites for hydroxylation is 1. The summed E-state index contributed by atoms with van der Waals surface area (Å²) >= 11 is 1.35. The average Bonchev–Trinajstić information content (AvgIpc) is 3.31. The van der Waals surface area contributed by atoms with E-state index in [1.165, 1.54) is 11.8 Å². The highest BCUT2D eigenvalue weighted by atomic mass is 32.2. The quantitative estimate of drug-likeness (QED) is 0.300. The van der Waals surface area contributed by atoms with Crippen LogP contribution in [0.3, 0.4) is 0 Å². The largest absolute Gasteiger partial charge is 0.338 e. The van der Waals surface area contributed by atoms with E-state index in [4.69, 9.17) is 0 Å². The van der Waals surface area contributed by atoms with Gasteiger partial charge in [0, 0.05) is 13.1 Å². The van der Waals surface area contributed by atoms with Gasteiger partial charge in [0.05, 0.1) is 21.8 Å². The first-order chi connectivity index (χ1) is 17.5. The van der Waals surface area contributed by atoms with Gasteiger partial charge in [-0.05, 0) is 50.1 Å². The summed E-state index contributed by atoms with van der Waals surface area (Å²) in [6, 6.07) is 25.1. The van der Waals surface area contributed by atoms with Crippen molar-refractivity contribution >= 4 is 34.3 Å². The molecule has 5 aromatic rings. The molecule has 7 nitrogen and oxygen atoms in total. The molecule has 0 spiro atoms. The molecule has 0 aliphatic rings. The zero-order chi connectivity index (χ0) is 25.2. The number of amides is 1. The van der Waals surface area contributed by atoms with E-state index in [1.807, 2.05) is 109 Å². The molecule has 1 unspecified atom stereocenters. The van der Waals surface area contributed by atoms with E-state index in [-0.39, 0.29) is 11.5 Å². The van der Waals surface area contributed by atoms with Crippen molar-refractivity contribution in [1.82, 2.24) is 24.1 Å². The predicted molar refractivity (Wildman–Crippen MR) is 144 cm³/mol. The van der Waals surface area contributed by atoms with Crippen molar-refractivity contribution in [1.29, 1.82) is 0 Å². The normalized spacial score (nSPS) is 12.2. The van der Waals surface area contributed by atoms with Gasteiger partial charge in [-0.25, -0.2) is 4.57 Å². The third-order valence-electron chi connectivity index (χ3n) is 6.29. The summed E-state index contributed by atoms with van der Waals surface area (Å²) in [6.07, 6.45) is 0. The summed E-state index contributed by atoms with van der Waals surface area (Å²) in [4.78, 5) is 28.8. The molecule has 182 valence electrons. The second kappa shape index (κ2) is 9.99. The fraction of sp³-hybridized carbons (Fsp3) is 0.214. The topological polar surface area (TPSA) is 72.5 Å². The van der Waals surface area contributed by atoms with E-state index in [1.54, 1.807) is 4.57 Å². The van der Waals surface area contributed by atoms with Gasteiger partial charge in [-0.15, -0.1) is 10.2 Å². The molecule has 3 aromatic carbocycles. The molecule has 36 heavy (non-hydrogen) atoms. The lowest BCUT2D eigenvalue weighted by molar-refractivity contribution is -0.130. The molecule has 2 heterocycles. The van der Waals surface area contributed by atoms with Crippen molar-refractivity contribution < 1.29 is 4.79 Å². The smallest absolute Gasteiger partial charge is 0.267 e. The molecular formula is C28H27N5O2S. The van der Waals surface area contributed by atoms with Crippen LogP contribution in [-0.2, 0) is 11.3 Å².